The van der Waals surface area contributed by atoms with Crippen molar-refractivity contribution in [1.82, 2.24) is 0 Å². The van der Waals surface area contributed by atoms with Crippen molar-refractivity contribution >= 4 is 0 Å². The van der Waals surface area contributed by atoms with Crippen LogP contribution in [0.1, 0.15) is 58.1 Å². The molecule has 82 valence electrons. The molecular formula is C15H22. The smallest absolute Gasteiger partial charge is 0.00752 e. The fourth-order valence-electron chi connectivity index (χ4n) is 2.37. The normalized spacial score (nSPS) is 19.7. The minimum Gasteiger partial charge on any atom is -0.0582 e. The number of rotatable bonds is 1. The van der Waals surface area contributed by atoms with Crippen LogP contribution >= 0.6 is 0 Å². The van der Waals surface area contributed by atoms with Gasteiger partial charge in [0.15, 0.2) is 0 Å². The summed E-state index contributed by atoms with van der Waals surface area (Å²) >= 11 is 0. The summed E-state index contributed by atoms with van der Waals surface area (Å²) in [4.78, 5) is 0. The largest absolute Gasteiger partial charge is 0.0582 e. The van der Waals surface area contributed by atoms with Crippen LogP contribution in [0, 0.1) is 0 Å². The molecule has 1 saturated carbocycles. The summed E-state index contributed by atoms with van der Waals surface area (Å²) in [6, 6.07) is 9.28. The lowest BCUT2D eigenvalue weighted by Crippen LogP contribution is -2.30. The molecule has 15 heavy (non-hydrogen) atoms. The molecule has 0 aromatic heterocycles. The van der Waals surface area contributed by atoms with Gasteiger partial charge in [-0.05, 0) is 34.8 Å². The van der Waals surface area contributed by atoms with Gasteiger partial charge in [0.25, 0.3) is 0 Å². The van der Waals surface area contributed by atoms with Crippen LogP contribution in [-0.4, -0.2) is 0 Å². The Kier molecular flexibility index (Phi) is 2.41. The van der Waals surface area contributed by atoms with E-state index in [2.05, 4.69) is 52.0 Å². The van der Waals surface area contributed by atoms with E-state index in [9.17, 15) is 0 Å². The van der Waals surface area contributed by atoms with Crippen LogP contribution in [-0.2, 0) is 10.8 Å². The molecule has 1 aliphatic carbocycles. The van der Waals surface area contributed by atoms with Gasteiger partial charge >= 0.3 is 0 Å². The van der Waals surface area contributed by atoms with Crippen LogP contribution in [0.5, 0.6) is 0 Å². The van der Waals surface area contributed by atoms with Crippen molar-refractivity contribution in [3.8, 4) is 0 Å². The molecule has 0 spiro atoms. The molecule has 0 atom stereocenters. The van der Waals surface area contributed by atoms with Crippen molar-refractivity contribution in [3.63, 3.8) is 0 Å². The topological polar surface area (TPSA) is 0 Å². The monoisotopic (exact) mass is 202 g/mol. The summed E-state index contributed by atoms with van der Waals surface area (Å²) in [6.07, 6.45) is 4.13. The fraction of sp³-hybridized carbons (Fsp3) is 0.600. The van der Waals surface area contributed by atoms with Crippen LogP contribution in [0.2, 0.25) is 0 Å². The lowest BCUT2D eigenvalue weighted by molar-refractivity contribution is 0.272. The third kappa shape index (κ3) is 1.95. The van der Waals surface area contributed by atoms with E-state index in [0.29, 0.717) is 5.41 Å². The van der Waals surface area contributed by atoms with Gasteiger partial charge in [-0.3, -0.25) is 0 Å². The Morgan fingerprint density at radius 3 is 1.87 bits per heavy atom. The standard InChI is InChI=1S/C15H22/c1-14(2,3)12-6-8-13(9-7-12)15(4)10-5-11-15/h6-9H,5,10-11H2,1-4H3. The zero-order valence-electron chi connectivity index (χ0n) is 10.4. The van der Waals surface area contributed by atoms with E-state index < -0.39 is 0 Å². The van der Waals surface area contributed by atoms with Crippen molar-refractivity contribution in [3.05, 3.63) is 35.4 Å². The average molecular weight is 202 g/mol. The van der Waals surface area contributed by atoms with E-state index in [1.165, 1.54) is 30.4 Å². The average Bonchev–Trinajstić information content (AvgIpc) is 2.13. The van der Waals surface area contributed by atoms with Crippen LogP contribution < -0.4 is 0 Å². The van der Waals surface area contributed by atoms with E-state index in [0.717, 1.165) is 0 Å². The third-order valence-electron chi connectivity index (χ3n) is 3.90. The molecule has 0 heterocycles. The van der Waals surface area contributed by atoms with Crippen molar-refractivity contribution < 1.29 is 0 Å². The summed E-state index contributed by atoms with van der Waals surface area (Å²) in [5.74, 6) is 0. The predicted octanol–water partition coefficient (Wildman–Crippen LogP) is 4.43. The van der Waals surface area contributed by atoms with Gasteiger partial charge in [-0.1, -0.05) is 58.4 Å². The Labute approximate surface area is 93.7 Å². The van der Waals surface area contributed by atoms with Crippen LogP contribution in [0.4, 0.5) is 0 Å². The third-order valence-corrected chi connectivity index (χ3v) is 3.90. The maximum absolute atomic E-state index is 2.39. The Hall–Kier alpha value is -0.780. The highest BCUT2D eigenvalue weighted by Crippen LogP contribution is 2.43. The summed E-state index contributed by atoms with van der Waals surface area (Å²) in [5, 5.41) is 0. The molecule has 0 bridgehead atoms. The molecule has 2 rings (SSSR count). The van der Waals surface area contributed by atoms with Gasteiger partial charge < -0.3 is 0 Å². The first-order chi connectivity index (χ1) is 6.92. The Balaban J connectivity index is 2.24. The highest BCUT2D eigenvalue weighted by atomic mass is 14.4. The quantitative estimate of drug-likeness (QED) is 0.632. The zero-order valence-corrected chi connectivity index (χ0v) is 10.4. The second-order valence-corrected chi connectivity index (χ2v) is 6.24. The lowest BCUT2D eigenvalue weighted by Gasteiger charge is -2.39. The van der Waals surface area contributed by atoms with Crippen molar-refractivity contribution in [2.45, 2.75) is 57.8 Å². The van der Waals surface area contributed by atoms with Crippen molar-refractivity contribution in [2.24, 2.45) is 0 Å². The zero-order chi connectivity index (χ0) is 11.1. The van der Waals surface area contributed by atoms with Crippen LogP contribution in [0.25, 0.3) is 0 Å². The highest BCUT2D eigenvalue weighted by Gasteiger charge is 2.33. The first-order valence-corrected chi connectivity index (χ1v) is 6.03. The van der Waals surface area contributed by atoms with Crippen LogP contribution in [0.15, 0.2) is 24.3 Å². The molecule has 0 nitrogen and oxygen atoms in total. The summed E-state index contributed by atoms with van der Waals surface area (Å²) in [7, 11) is 0. The Bertz CT molecular complexity index is 333. The van der Waals surface area contributed by atoms with Gasteiger partial charge in [0.1, 0.15) is 0 Å². The van der Waals surface area contributed by atoms with E-state index in [4.69, 9.17) is 0 Å². The molecule has 0 saturated heterocycles. The Morgan fingerprint density at radius 1 is 1.00 bits per heavy atom. The van der Waals surface area contributed by atoms with Gasteiger partial charge in [0.05, 0.1) is 0 Å². The minimum absolute atomic E-state index is 0.277. The molecular weight excluding hydrogens is 180 g/mol. The highest BCUT2D eigenvalue weighted by molar-refractivity contribution is 5.33. The van der Waals surface area contributed by atoms with Gasteiger partial charge in [0, 0.05) is 0 Å². The van der Waals surface area contributed by atoms with Gasteiger partial charge in [-0.25, -0.2) is 0 Å². The second-order valence-electron chi connectivity index (χ2n) is 6.24. The summed E-state index contributed by atoms with van der Waals surface area (Å²) in [5.41, 5.74) is 3.73. The van der Waals surface area contributed by atoms with Crippen molar-refractivity contribution in [1.29, 1.82) is 0 Å². The fourth-order valence-corrected chi connectivity index (χ4v) is 2.37. The molecule has 0 aliphatic heterocycles. The second kappa shape index (κ2) is 3.37. The molecule has 0 radical (unpaired) electrons. The summed E-state index contributed by atoms with van der Waals surface area (Å²) in [6.45, 7) is 9.20. The number of hydrogen-bond acceptors (Lipinski definition) is 0. The van der Waals surface area contributed by atoms with E-state index in [1.807, 2.05) is 0 Å². The van der Waals surface area contributed by atoms with Crippen LogP contribution in [0.3, 0.4) is 0 Å². The van der Waals surface area contributed by atoms with Gasteiger partial charge in [0.2, 0.25) is 0 Å². The maximum Gasteiger partial charge on any atom is -0.00752 e. The molecule has 0 heteroatoms. The first-order valence-electron chi connectivity index (χ1n) is 6.03. The van der Waals surface area contributed by atoms with Gasteiger partial charge in [-0.15, -0.1) is 0 Å². The van der Waals surface area contributed by atoms with E-state index in [1.54, 1.807) is 0 Å². The SMILES string of the molecule is CC(C)(C)c1ccc(C2(C)CCC2)cc1. The van der Waals surface area contributed by atoms with Crippen molar-refractivity contribution in [2.75, 3.05) is 0 Å². The summed E-state index contributed by atoms with van der Waals surface area (Å²) < 4.78 is 0. The van der Waals surface area contributed by atoms with E-state index in [-0.39, 0.29) is 5.41 Å². The molecule has 1 aromatic rings. The lowest BCUT2D eigenvalue weighted by atomic mass is 9.66. The maximum atomic E-state index is 2.39. The molecule has 0 N–H and O–H groups in total. The van der Waals surface area contributed by atoms with Gasteiger partial charge in [-0.2, -0.15) is 0 Å². The minimum atomic E-state index is 0.277. The predicted molar refractivity (Wildman–Crippen MR) is 66.3 cm³/mol. The first kappa shape index (κ1) is 10.7. The molecule has 0 unspecified atom stereocenters. The number of benzene rings is 1. The molecule has 0 amide bonds. The number of hydrogen-bond donors (Lipinski definition) is 0. The molecule has 1 fully saturated rings. The molecule has 1 aromatic carbocycles. The van der Waals surface area contributed by atoms with E-state index >= 15 is 0 Å². The molecule has 1 aliphatic rings. The Morgan fingerprint density at radius 2 is 1.53 bits per heavy atom.